The van der Waals surface area contributed by atoms with Crippen molar-refractivity contribution in [3.8, 4) is 6.07 Å². The number of halogens is 1. The fraction of sp³-hybridized carbons (Fsp3) is 0.500. The number of hydrogen-bond donors (Lipinski definition) is 1. The van der Waals surface area contributed by atoms with Crippen LogP contribution >= 0.6 is 11.6 Å². The summed E-state index contributed by atoms with van der Waals surface area (Å²) in [4.78, 5) is 11.8. The number of aliphatic hydroxyl groups is 1. The van der Waals surface area contributed by atoms with Crippen molar-refractivity contribution < 1.29 is 14.6 Å². The molecule has 2 aromatic rings. The molecule has 3 unspecified atom stereocenters. The normalized spacial score (nSPS) is 32.3. The molecule has 3 aliphatic carbocycles. The van der Waals surface area contributed by atoms with Gasteiger partial charge in [-0.1, -0.05) is 36.7 Å². The van der Waals surface area contributed by atoms with E-state index >= 15 is 0 Å². The van der Waals surface area contributed by atoms with Gasteiger partial charge < -0.3 is 9.84 Å². The Kier molecular flexibility index (Phi) is 5.54. The Hall–Kier alpha value is -2.35. The molecular formula is C28H30ClNO3. The molecule has 1 N–H and O–H groups in total. The summed E-state index contributed by atoms with van der Waals surface area (Å²) in [7, 11) is 1.38. The monoisotopic (exact) mass is 463 g/mol. The van der Waals surface area contributed by atoms with Crippen molar-refractivity contribution in [3.05, 3.63) is 69.2 Å². The fourth-order valence-electron chi connectivity index (χ4n) is 7.33. The van der Waals surface area contributed by atoms with Crippen LogP contribution in [-0.2, 0) is 17.6 Å². The molecule has 0 radical (unpaired) electrons. The second kappa shape index (κ2) is 8.15. The molecule has 0 aromatic heterocycles. The zero-order valence-corrected chi connectivity index (χ0v) is 20.0. The minimum atomic E-state index is -0.752. The number of benzene rings is 2. The molecule has 3 aliphatic rings. The van der Waals surface area contributed by atoms with E-state index in [2.05, 4.69) is 19.1 Å². The van der Waals surface area contributed by atoms with Gasteiger partial charge >= 0.3 is 5.97 Å². The van der Waals surface area contributed by atoms with Gasteiger partial charge in [0, 0.05) is 6.42 Å². The van der Waals surface area contributed by atoms with Crippen molar-refractivity contribution >= 4 is 17.6 Å². The third kappa shape index (κ3) is 3.40. The average molecular weight is 464 g/mol. The summed E-state index contributed by atoms with van der Waals surface area (Å²) >= 11 is 6.58. The van der Waals surface area contributed by atoms with E-state index in [0.717, 1.165) is 44.1 Å². The van der Waals surface area contributed by atoms with E-state index in [-0.39, 0.29) is 11.4 Å². The second-order valence-corrected chi connectivity index (χ2v) is 10.8. The third-order valence-electron chi connectivity index (χ3n) is 9.16. The van der Waals surface area contributed by atoms with Crippen LogP contribution < -0.4 is 0 Å². The third-order valence-corrected chi connectivity index (χ3v) is 9.59. The maximum atomic E-state index is 12.0. The molecule has 4 nitrogen and oxygen atoms in total. The zero-order valence-electron chi connectivity index (χ0n) is 19.2. The first-order chi connectivity index (χ1) is 15.8. The van der Waals surface area contributed by atoms with Gasteiger partial charge in [-0.15, -0.1) is 0 Å². The summed E-state index contributed by atoms with van der Waals surface area (Å²) in [6.07, 6.45) is 6.43. The van der Waals surface area contributed by atoms with Gasteiger partial charge in [0.05, 0.1) is 28.9 Å². The van der Waals surface area contributed by atoms with Crippen molar-refractivity contribution in [2.24, 2.45) is 17.3 Å². The Morgan fingerprint density at radius 2 is 1.94 bits per heavy atom. The Morgan fingerprint density at radius 1 is 1.18 bits per heavy atom. The highest BCUT2D eigenvalue weighted by molar-refractivity contribution is 6.32. The van der Waals surface area contributed by atoms with E-state index in [4.69, 9.17) is 16.3 Å². The topological polar surface area (TPSA) is 70.3 Å². The molecule has 0 bridgehead atoms. The lowest BCUT2D eigenvalue weighted by atomic mass is 9.52. The molecule has 0 amide bonds. The number of fused-ring (bicyclic) bond motifs is 5. The molecule has 33 heavy (non-hydrogen) atoms. The highest BCUT2D eigenvalue weighted by Crippen LogP contribution is 2.65. The molecule has 5 heteroatoms. The van der Waals surface area contributed by atoms with E-state index in [1.165, 1.54) is 18.2 Å². The Morgan fingerprint density at radius 3 is 2.64 bits per heavy atom. The number of carbonyl (C=O) groups is 1. The van der Waals surface area contributed by atoms with E-state index in [9.17, 15) is 15.2 Å². The minimum absolute atomic E-state index is 0.136. The largest absolute Gasteiger partial charge is 0.465 e. The standard InChI is InChI=1S/C28H30ClNO3/c1-27-13-11-21-20-8-7-19(16-30)25(29)23(20)10-9-22(21)24(27)12-14-28(27,32)15-17-3-5-18(6-4-17)26(31)33-2/h3-8,21-22,24,32H,9-15H2,1-2H3/t21?,22?,24?,27-,28+/m0/s1. The Labute approximate surface area is 200 Å². The molecule has 0 spiro atoms. The van der Waals surface area contributed by atoms with Gasteiger partial charge in [-0.2, -0.15) is 5.26 Å². The Balaban J connectivity index is 1.40. The number of carbonyl (C=O) groups excluding carboxylic acids is 1. The van der Waals surface area contributed by atoms with Crippen molar-refractivity contribution in [1.82, 2.24) is 0 Å². The number of hydrogen-bond acceptors (Lipinski definition) is 4. The number of rotatable bonds is 3. The molecule has 5 rings (SSSR count). The quantitative estimate of drug-likeness (QED) is 0.581. The minimum Gasteiger partial charge on any atom is -0.465 e. The summed E-state index contributed by atoms with van der Waals surface area (Å²) in [5, 5.41) is 22.0. The average Bonchev–Trinajstić information content (AvgIpc) is 3.09. The number of esters is 1. The van der Waals surface area contributed by atoms with Crippen LogP contribution in [0.1, 0.15) is 77.6 Å². The highest BCUT2D eigenvalue weighted by atomic mass is 35.5. The predicted molar refractivity (Wildman–Crippen MR) is 127 cm³/mol. The fourth-order valence-corrected chi connectivity index (χ4v) is 7.63. The van der Waals surface area contributed by atoms with E-state index in [0.29, 0.717) is 40.3 Å². The molecular weight excluding hydrogens is 434 g/mol. The smallest absolute Gasteiger partial charge is 0.337 e. The molecule has 0 aliphatic heterocycles. The SMILES string of the molecule is COC(=O)c1ccc(C[C@]2(O)CCC3C4CCc5c(ccc(C#N)c5Cl)C4CC[C@@]32C)cc1. The van der Waals surface area contributed by atoms with Gasteiger partial charge in [-0.25, -0.2) is 4.79 Å². The first-order valence-electron chi connectivity index (χ1n) is 11.9. The van der Waals surface area contributed by atoms with Gasteiger partial charge in [-0.05, 0) is 96.6 Å². The summed E-state index contributed by atoms with van der Waals surface area (Å²) in [5.74, 6) is 1.12. The number of nitrogens with zero attached hydrogens (tertiary/aromatic N) is 1. The van der Waals surface area contributed by atoms with Crippen LogP contribution in [0.15, 0.2) is 36.4 Å². The summed E-state index contributed by atoms with van der Waals surface area (Å²) in [6.45, 7) is 2.30. The van der Waals surface area contributed by atoms with Gasteiger partial charge in [0.2, 0.25) is 0 Å². The van der Waals surface area contributed by atoms with Crippen LogP contribution in [0.3, 0.4) is 0 Å². The summed E-state index contributed by atoms with van der Waals surface area (Å²) in [5.41, 5.74) is 3.76. The predicted octanol–water partition coefficient (Wildman–Crippen LogP) is 5.83. The van der Waals surface area contributed by atoms with E-state index in [1.807, 2.05) is 18.2 Å². The Bertz CT molecular complexity index is 1140. The lowest BCUT2D eigenvalue weighted by molar-refractivity contribution is -0.102. The van der Waals surface area contributed by atoms with Crippen molar-refractivity contribution in [3.63, 3.8) is 0 Å². The van der Waals surface area contributed by atoms with Crippen LogP contribution in [0.5, 0.6) is 0 Å². The van der Waals surface area contributed by atoms with Crippen LogP contribution in [0.4, 0.5) is 0 Å². The van der Waals surface area contributed by atoms with E-state index < -0.39 is 5.60 Å². The zero-order chi connectivity index (χ0) is 23.4. The van der Waals surface area contributed by atoms with Crippen LogP contribution in [0, 0.1) is 28.6 Å². The van der Waals surface area contributed by atoms with Gasteiger partial charge in [0.1, 0.15) is 6.07 Å². The van der Waals surface area contributed by atoms with Crippen LogP contribution in [0.2, 0.25) is 5.02 Å². The lowest BCUT2D eigenvalue weighted by Crippen LogP contribution is -2.51. The molecule has 5 atom stereocenters. The van der Waals surface area contributed by atoms with Gasteiger partial charge in [-0.3, -0.25) is 0 Å². The van der Waals surface area contributed by atoms with Gasteiger partial charge in [0.25, 0.3) is 0 Å². The molecule has 2 saturated carbocycles. The van der Waals surface area contributed by atoms with Crippen molar-refractivity contribution in [2.45, 2.75) is 63.4 Å². The number of methoxy groups -OCH3 is 1. The summed E-state index contributed by atoms with van der Waals surface area (Å²) < 4.78 is 4.80. The molecule has 0 heterocycles. The molecule has 172 valence electrons. The second-order valence-electron chi connectivity index (χ2n) is 10.4. The molecule has 2 fully saturated rings. The maximum Gasteiger partial charge on any atom is 0.337 e. The van der Waals surface area contributed by atoms with Crippen LogP contribution in [-0.4, -0.2) is 23.8 Å². The number of nitriles is 1. The molecule has 0 saturated heterocycles. The summed E-state index contributed by atoms with van der Waals surface area (Å²) in [6, 6.07) is 13.7. The van der Waals surface area contributed by atoms with Gasteiger partial charge in [0.15, 0.2) is 0 Å². The number of ether oxygens (including phenoxy) is 1. The lowest BCUT2D eigenvalue weighted by Gasteiger charge is -2.53. The first kappa shape index (κ1) is 22.4. The van der Waals surface area contributed by atoms with Crippen molar-refractivity contribution in [2.75, 3.05) is 7.11 Å². The maximum absolute atomic E-state index is 12.0. The first-order valence-corrected chi connectivity index (χ1v) is 12.3. The van der Waals surface area contributed by atoms with Crippen molar-refractivity contribution in [1.29, 1.82) is 5.26 Å². The highest BCUT2D eigenvalue weighted by Gasteiger charge is 2.61. The van der Waals surface area contributed by atoms with E-state index in [1.54, 1.807) is 12.1 Å². The molecule has 2 aromatic carbocycles. The van der Waals surface area contributed by atoms with Crippen LogP contribution in [0.25, 0.3) is 0 Å².